The van der Waals surface area contributed by atoms with Gasteiger partial charge in [0.1, 0.15) is 0 Å². The minimum absolute atomic E-state index is 0.0140. The predicted molar refractivity (Wildman–Crippen MR) is 80.0 cm³/mol. The molecular formula is C16H17N3O. The van der Waals surface area contributed by atoms with E-state index in [0.717, 1.165) is 36.6 Å². The van der Waals surface area contributed by atoms with Gasteiger partial charge in [0.25, 0.3) is 5.56 Å². The van der Waals surface area contributed by atoms with Gasteiger partial charge in [-0.2, -0.15) is 0 Å². The first-order valence-corrected chi connectivity index (χ1v) is 6.97. The van der Waals surface area contributed by atoms with Gasteiger partial charge in [-0.05, 0) is 43.2 Å². The molecule has 0 aliphatic heterocycles. The lowest BCUT2D eigenvalue weighted by molar-refractivity contribution is 0.324. The zero-order valence-electron chi connectivity index (χ0n) is 11.2. The standard InChI is InChI=1S/C16H17N3O/c1-18-13-6-2-11-3-9-16(20)19(15(11)10-13)14-7-4-12(17)5-8-14/h2-3,6,9-10,12,14H,4-5,7-8,17H2. The van der Waals surface area contributed by atoms with E-state index in [-0.39, 0.29) is 17.6 Å². The molecule has 1 aromatic carbocycles. The Balaban J connectivity index is 2.15. The summed E-state index contributed by atoms with van der Waals surface area (Å²) in [6.45, 7) is 7.14. The lowest BCUT2D eigenvalue weighted by Gasteiger charge is -2.28. The Morgan fingerprint density at radius 3 is 2.55 bits per heavy atom. The van der Waals surface area contributed by atoms with E-state index in [0.29, 0.717) is 5.69 Å². The Morgan fingerprint density at radius 2 is 1.85 bits per heavy atom. The fourth-order valence-electron chi connectivity index (χ4n) is 3.05. The highest BCUT2D eigenvalue weighted by molar-refractivity contribution is 5.82. The fourth-order valence-corrected chi connectivity index (χ4v) is 3.05. The number of benzene rings is 1. The van der Waals surface area contributed by atoms with Gasteiger partial charge in [0, 0.05) is 23.7 Å². The van der Waals surface area contributed by atoms with E-state index >= 15 is 0 Å². The van der Waals surface area contributed by atoms with Crippen LogP contribution in [-0.4, -0.2) is 10.6 Å². The Kier molecular flexibility index (Phi) is 3.29. The second-order valence-electron chi connectivity index (χ2n) is 5.47. The third-order valence-electron chi connectivity index (χ3n) is 4.15. The molecule has 0 atom stereocenters. The molecule has 102 valence electrons. The molecule has 20 heavy (non-hydrogen) atoms. The molecule has 1 saturated carbocycles. The maximum Gasteiger partial charge on any atom is 0.251 e. The number of aromatic nitrogens is 1. The first-order valence-electron chi connectivity index (χ1n) is 6.97. The molecule has 0 bridgehead atoms. The highest BCUT2D eigenvalue weighted by atomic mass is 16.1. The molecule has 0 spiro atoms. The van der Waals surface area contributed by atoms with Gasteiger partial charge in [-0.3, -0.25) is 4.79 Å². The number of pyridine rings is 1. The molecule has 1 fully saturated rings. The molecule has 0 unspecified atom stereocenters. The quantitative estimate of drug-likeness (QED) is 0.807. The largest absolute Gasteiger partial charge is 0.328 e. The zero-order valence-corrected chi connectivity index (χ0v) is 11.2. The average Bonchev–Trinajstić information content (AvgIpc) is 2.48. The Hall–Kier alpha value is -2.12. The summed E-state index contributed by atoms with van der Waals surface area (Å²) in [6.07, 6.45) is 3.77. The van der Waals surface area contributed by atoms with Crippen molar-refractivity contribution in [2.75, 3.05) is 0 Å². The summed E-state index contributed by atoms with van der Waals surface area (Å²) in [5.41, 5.74) is 7.40. The van der Waals surface area contributed by atoms with E-state index in [1.165, 1.54) is 0 Å². The van der Waals surface area contributed by atoms with Crippen molar-refractivity contribution >= 4 is 16.6 Å². The van der Waals surface area contributed by atoms with Crippen molar-refractivity contribution in [3.63, 3.8) is 0 Å². The van der Waals surface area contributed by atoms with Gasteiger partial charge in [0.15, 0.2) is 5.69 Å². The first kappa shape index (κ1) is 12.9. The van der Waals surface area contributed by atoms with Crippen LogP contribution in [0.4, 0.5) is 5.69 Å². The third-order valence-corrected chi connectivity index (χ3v) is 4.15. The lowest BCUT2D eigenvalue weighted by Crippen LogP contribution is -2.32. The van der Waals surface area contributed by atoms with Crippen molar-refractivity contribution in [2.45, 2.75) is 37.8 Å². The van der Waals surface area contributed by atoms with Gasteiger partial charge >= 0.3 is 0 Å². The molecule has 4 nitrogen and oxygen atoms in total. The van der Waals surface area contributed by atoms with Crippen LogP contribution in [0.15, 0.2) is 35.1 Å². The van der Waals surface area contributed by atoms with Gasteiger partial charge < -0.3 is 10.3 Å². The van der Waals surface area contributed by atoms with E-state index in [1.807, 2.05) is 22.8 Å². The van der Waals surface area contributed by atoms with Crippen LogP contribution in [0.2, 0.25) is 0 Å². The van der Waals surface area contributed by atoms with Crippen LogP contribution >= 0.6 is 0 Å². The molecule has 4 heteroatoms. The highest BCUT2D eigenvalue weighted by Crippen LogP contribution is 2.30. The van der Waals surface area contributed by atoms with Gasteiger partial charge in [-0.1, -0.05) is 12.1 Å². The topological polar surface area (TPSA) is 52.4 Å². The first-order chi connectivity index (χ1) is 9.69. The third kappa shape index (κ3) is 2.21. The molecule has 2 aromatic rings. The van der Waals surface area contributed by atoms with E-state index in [9.17, 15) is 4.79 Å². The Morgan fingerprint density at radius 1 is 1.15 bits per heavy atom. The van der Waals surface area contributed by atoms with Gasteiger partial charge in [0.05, 0.1) is 6.57 Å². The van der Waals surface area contributed by atoms with Crippen LogP contribution in [0.1, 0.15) is 31.7 Å². The van der Waals surface area contributed by atoms with E-state index in [2.05, 4.69) is 4.85 Å². The lowest BCUT2D eigenvalue weighted by atomic mass is 9.91. The van der Waals surface area contributed by atoms with E-state index in [4.69, 9.17) is 12.3 Å². The fraction of sp³-hybridized carbons (Fsp3) is 0.375. The summed E-state index contributed by atoms with van der Waals surface area (Å²) in [5, 5.41) is 1.01. The maximum atomic E-state index is 12.3. The molecule has 0 amide bonds. The van der Waals surface area contributed by atoms with Crippen molar-refractivity contribution in [3.8, 4) is 0 Å². The summed E-state index contributed by atoms with van der Waals surface area (Å²) in [6, 6.07) is 9.43. The molecule has 0 saturated heterocycles. The van der Waals surface area contributed by atoms with Crippen molar-refractivity contribution < 1.29 is 0 Å². The zero-order chi connectivity index (χ0) is 14.1. The Labute approximate surface area is 117 Å². The van der Waals surface area contributed by atoms with Crippen molar-refractivity contribution in [1.29, 1.82) is 0 Å². The Bertz CT molecular complexity index is 733. The second-order valence-corrected chi connectivity index (χ2v) is 5.47. The van der Waals surface area contributed by atoms with Gasteiger partial charge in [0.2, 0.25) is 0 Å². The van der Waals surface area contributed by atoms with E-state index in [1.54, 1.807) is 12.1 Å². The molecule has 0 radical (unpaired) electrons. The minimum Gasteiger partial charge on any atom is -0.328 e. The summed E-state index contributed by atoms with van der Waals surface area (Å²) in [4.78, 5) is 15.7. The smallest absolute Gasteiger partial charge is 0.251 e. The molecule has 1 aliphatic rings. The number of nitrogens with zero attached hydrogens (tertiary/aromatic N) is 2. The second kappa shape index (κ2) is 5.10. The number of hydrogen-bond acceptors (Lipinski definition) is 2. The summed E-state index contributed by atoms with van der Waals surface area (Å²) < 4.78 is 1.86. The van der Waals surface area contributed by atoms with Crippen molar-refractivity contribution in [1.82, 2.24) is 4.57 Å². The normalized spacial score (nSPS) is 22.6. The van der Waals surface area contributed by atoms with Crippen LogP contribution in [0.5, 0.6) is 0 Å². The molecule has 1 heterocycles. The van der Waals surface area contributed by atoms with Gasteiger partial charge in [-0.25, -0.2) is 4.85 Å². The summed E-state index contributed by atoms with van der Waals surface area (Å²) in [5.74, 6) is 0. The SMILES string of the molecule is [C-]#[N+]c1ccc2ccc(=O)n(C3CCC(N)CC3)c2c1. The number of rotatable bonds is 1. The van der Waals surface area contributed by atoms with Crippen LogP contribution in [0.25, 0.3) is 15.7 Å². The van der Waals surface area contributed by atoms with Crippen LogP contribution in [0.3, 0.4) is 0 Å². The highest BCUT2D eigenvalue weighted by Gasteiger charge is 2.21. The van der Waals surface area contributed by atoms with Crippen LogP contribution in [-0.2, 0) is 0 Å². The number of hydrogen-bond donors (Lipinski definition) is 1. The predicted octanol–water partition coefficient (Wildman–Crippen LogP) is 2.99. The average molecular weight is 267 g/mol. The summed E-state index contributed by atoms with van der Waals surface area (Å²) in [7, 11) is 0. The molecular weight excluding hydrogens is 250 g/mol. The monoisotopic (exact) mass is 267 g/mol. The minimum atomic E-state index is 0.0140. The van der Waals surface area contributed by atoms with E-state index < -0.39 is 0 Å². The van der Waals surface area contributed by atoms with Crippen LogP contribution in [0, 0.1) is 6.57 Å². The molecule has 1 aromatic heterocycles. The molecule has 2 N–H and O–H groups in total. The van der Waals surface area contributed by atoms with Crippen molar-refractivity contribution in [3.05, 3.63) is 52.1 Å². The molecule has 1 aliphatic carbocycles. The molecule has 3 rings (SSSR count). The number of fused-ring (bicyclic) bond motifs is 1. The van der Waals surface area contributed by atoms with Crippen molar-refractivity contribution in [2.24, 2.45) is 5.73 Å². The van der Waals surface area contributed by atoms with Gasteiger partial charge in [-0.15, -0.1) is 0 Å². The number of nitrogens with two attached hydrogens (primary N) is 1. The van der Waals surface area contributed by atoms with Crippen LogP contribution < -0.4 is 11.3 Å². The summed E-state index contributed by atoms with van der Waals surface area (Å²) >= 11 is 0. The maximum absolute atomic E-state index is 12.3.